The highest BCUT2D eigenvalue weighted by molar-refractivity contribution is 7.93. The van der Waals surface area contributed by atoms with E-state index in [-0.39, 0.29) is 22.6 Å². The molecule has 0 saturated carbocycles. The van der Waals surface area contributed by atoms with Gasteiger partial charge in [0.1, 0.15) is 11.9 Å². The van der Waals surface area contributed by atoms with E-state index < -0.39 is 56.8 Å². The minimum atomic E-state index is -4.81. The van der Waals surface area contributed by atoms with Crippen molar-refractivity contribution in [3.8, 4) is 0 Å². The van der Waals surface area contributed by atoms with Crippen molar-refractivity contribution in [1.29, 1.82) is 0 Å². The lowest BCUT2D eigenvalue weighted by molar-refractivity contribution is -0.137. The Hall–Kier alpha value is -3.93. The van der Waals surface area contributed by atoms with Crippen molar-refractivity contribution >= 4 is 38.9 Å². The Morgan fingerprint density at radius 3 is 2.41 bits per heavy atom. The topological polar surface area (TPSA) is 95.6 Å². The Balaban J connectivity index is 1.79. The molecular formula is C25H21F4N3O4S. The van der Waals surface area contributed by atoms with E-state index in [0.717, 1.165) is 18.2 Å². The summed E-state index contributed by atoms with van der Waals surface area (Å²) in [6, 6.07) is 10.2. The lowest BCUT2D eigenvalue weighted by Gasteiger charge is -2.37. The molecular weight excluding hydrogens is 514 g/mol. The number of fused-ring (bicyclic) bond motifs is 1. The molecule has 12 heteroatoms. The smallest absolute Gasteiger partial charge is 0.326 e. The number of nitrogens with one attached hydrogen (secondary N) is 2. The van der Waals surface area contributed by atoms with E-state index >= 15 is 0 Å². The second kappa shape index (κ2) is 9.51. The fourth-order valence-electron chi connectivity index (χ4n) is 4.00. The van der Waals surface area contributed by atoms with Gasteiger partial charge in [-0.15, -0.1) is 0 Å². The number of nitrogens with zero attached hydrogens (tertiary/aromatic N) is 1. The summed E-state index contributed by atoms with van der Waals surface area (Å²) < 4.78 is 82.2. The molecule has 1 unspecified atom stereocenters. The van der Waals surface area contributed by atoms with Gasteiger partial charge in [-0.05, 0) is 61.4 Å². The summed E-state index contributed by atoms with van der Waals surface area (Å²) in [6.45, 7) is 2.95. The molecule has 1 heterocycles. The van der Waals surface area contributed by atoms with Crippen LogP contribution < -0.4 is 14.9 Å². The summed E-state index contributed by atoms with van der Waals surface area (Å²) >= 11 is 0. The van der Waals surface area contributed by atoms with Gasteiger partial charge in [-0.2, -0.15) is 13.2 Å². The Kier molecular flexibility index (Phi) is 6.72. The fraction of sp³-hybridized carbons (Fsp3) is 0.200. The minimum absolute atomic E-state index is 0.0151. The van der Waals surface area contributed by atoms with Crippen LogP contribution in [0, 0.1) is 19.7 Å². The second-order valence-electron chi connectivity index (χ2n) is 8.51. The van der Waals surface area contributed by atoms with E-state index in [1.54, 1.807) is 13.0 Å². The molecule has 2 N–H and O–H groups in total. The Labute approximate surface area is 210 Å². The van der Waals surface area contributed by atoms with Crippen molar-refractivity contribution in [2.24, 2.45) is 0 Å². The summed E-state index contributed by atoms with van der Waals surface area (Å²) in [5.74, 6) is -2.26. The maximum atomic E-state index is 13.8. The average Bonchev–Trinajstić information content (AvgIpc) is 2.81. The van der Waals surface area contributed by atoms with E-state index in [0.29, 0.717) is 15.9 Å². The standard InChI is InChI=1S/C25H21F4N3O4S/c1-14-8-10-17(26)12-19(14)30-23(33)13-21-24(34)31-18-5-3-4-6-20(18)32(21)37(35,36)22-11-16(25(27,28)29)9-7-15(22)2/h3-12,21H,13H2,1-2H3,(H,30,33)(H,31,34). The molecule has 4 rings (SSSR count). The van der Waals surface area contributed by atoms with Crippen LogP contribution in [-0.4, -0.2) is 26.3 Å². The number of carbonyl (C=O) groups is 2. The molecule has 194 valence electrons. The second-order valence-corrected chi connectivity index (χ2v) is 10.3. The van der Waals surface area contributed by atoms with Gasteiger partial charge in [0.05, 0.1) is 28.3 Å². The molecule has 37 heavy (non-hydrogen) atoms. The van der Waals surface area contributed by atoms with Crippen molar-refractivity contribution < 1.29 is 35.6 Å². The van der Waals surface area contributed by atoms with Crippen LogP contribution in [0.2, 0.25) is 0 Å². The highest BCUT2D eigenvalue weighted by atomic mass is 32.2. The number of alkyl halides is 3. The zero-order chi connectivity index (χ0) is 27.1. The lowest BCUT2D eigenvalue weighted by Crippen LogP contribution is -2.52. The summed E-state index contributed by atoms with van der Waals surface area (Å²) in [6.07, 6.45) is -5.50. The van der Waals surface area contributed by atoms with Gasteiger partial charge in [0.25, 0.3) is 10.0 Å². The quantitative estimate of drug-likeness (QED) is 0.450. The summed E-state index contributed by atoms with van der Waals surface area (Å²) in [7, 11) is -4.77. The number of amides is 2. The number of aryl methyl sites for hydroxylation is 2. The van der Waals surface area contributed by atoms with Gasteiger partial charge >= 0.3 is 6.18 Å². The number of halogens is 4. The number of hydrogen-bond acceptors (Lipinski definition) is 4. The predicted octanol–water partition coefficient (Wildman–Crippen LogP) is 5.01. The first-order valence-electron chi connectivity index (χ1n) is 11.0. The molecule has 1 atom stereocenters. The van der Waals surface area contributed by atoms with Crippen LogP contribution in [0.5, 0.6) is 0 Å². The van der Waals surface area contributed by atoms with Crippen LogP contribution in [0.3, 0.4) is 0 Å². The van der Waals surface area contributed by atoms with Crippen LogP contribution in [-0.2, 0) is 25.8 Å². The molecule has 0 fully saturated rings. The van der Waals surface area contributed by atoms with E-state index in [2.05, 4.69) is 10.6 Å². The van der Waals surface area contributed by atoms with Crippen LogP contribution in [0.15, 0.2) is 65.6 Å². The highest BCUT2D eigenvalue weighted by Gasteiger charge is 2.43. The molecule has 0 aromatic heterocycles. The molecule has 0 aliphatic carbocycles. The third-order valence-corrected chi connectivity index (χ3v) is 7.85. The van der Waals surface area contributed by atoms with E-state index in [1.807, 2.05) is 0 Å². The van der Waals surface area contributed by atoms with E-state index in [1.165, 1.54) is 37.3 Å². The average molecular weight is 536 g/mol. The lowest BCUT2D eigenvalue weighted by atomic mass is 10.1. The first-order chi connectivity index (χ1) is 17.3. The summed E-state index contributed by atoms with van der Waals surface area (Å²) in [5, 5.41) is 5.00. The fourth-order valence-corrected chi connectivity index (χ4v) is 5.89. The van der Waals surface area contributed by atoms with Crippen molar-refractivity contribution in [1.82, 2.24) is 0 Å². The molecule has 2 amide bonds. The van der Waals surface area contributed by atoms with Gasteiger partial charge in [0.15, 0.2) is 0 Å². The van der Waals surface area contributed by atoms with Crippen molar-refractivity contribution in [2.75, 3.05) is 14.9 Å². The monoisotopic (exact) mass is 535 g/mol. The number of benzene rings is 3. The van der Waals surface area contributed by atoms with Crippen LogP contribution in [0.1, 0.15) is 23.1 Å². The van der Waals surface area contributed by atoms with Crippen LogP contribution >= 0.6 is 0 Å². The molecule has 3 aromatic carbocycles. The number of sulfonamides is 1. The number of carbonyl (C=O) groups excluding carboxylic acids is 2. The SMILES string of the molecule is Cc1ccc(F)cc1NC(=O)CC1C(=O)Nc2ccccc2N1S(=O)(=O)c1cc(C(F)(F)F)ccc1C. The van der Waals surface area contributed by atoms with Gasteiger partial charge in [0, 0.05) is 5.69 Å². The first kappa shape index (κ1) is 26.1. The van der Waals surface area contributed by atoms with Gasteiger partial charge in [0.2, 0.25) is 11.8 Å². The minimum Gasteiger partial charge on any atom is -0.326 e. The van der Waals surface area contributed by atoms with Gasteiger partial charge < -0.3 is 10.6 Å². The third kappa shape index (κ3) is 5.15. The van der Waals surface area contributed by atoms with Crippen molar-refractivity contribution in [3.05, 3.63) is 83.2 Å². The molecule has 0 saturated heterocycles. The number of rotatable bonds is 5. The van der Waals surface area contributed by atoms with Crippen molar-refractivity contribution in [3.63, 3.8) is 0 Å². The molecule has 0 bridgehead atoms. The number of anilines is 3. The van der Waals surface area contributed by atoms with Crippen LogP contribution in [0.4, 0.5) is 34.6 Å². The van der Waals surface area contributed by atoms with Crippen molar-refractivity contribution in [2.45, 2.75) is 37.4 Å². The van der Waals surface area contributed by atoms with Gasteiger partial charge in [-0.3, -0.25) is 13.9 Å². The normalized spacial score (nSPS) is 15.7. The molecule has 0 spiro atoms. The highest BCUT2D eigenvalue weighted by Crippen LogP contribution is 2.39. The van der Waals surface area contributed by atoms with Gasteiger partial charge in [-0.1, -0.05) is 24.3 Å². The Bertz CT molecular complexity index is 1510. The van der Waals surface area contributed by atoms with E-state index in [9.17, 15) is 35.6 Å². The van der Waals surface area contributed by atoms with Gasteiger partial charge in [-0.25, -0.2) is 12.8 Å². The summed E-state index contributed by atoms with van der Waals surface area (Å²) in [4.78, 5) is 25.3. The Morgan fingerprint density at radius 1 is 1.03 bits per heavy atom. The first-order valence-corrected chi connectivity index (χ1v) is 12.4. The zero-order valence-corrected chi connectivity index (χ0v) is 20.4. The molecule has 1 aliphatic heterocycles. The summed E-state index contributed by atoms with van der Waals surface area (Å²) in [5.41, 5.74) is -0.406. The molecule has 1 aliphatic rings. The van der Waals surface area contributed by atoms with E-state index in [4.69, 9.17) is 0 Å². The predicted molar refractivity (Wildman–Crippen MR) is 129 cm³/mol. The largest absolute Gasteiger partial charge is 0.416 e. The maximum absolute atomic E-state index is 13.8. The Morgan fingerprint density at radius 2 is 1.70 bits per heavy atom. The number of para-hydroxylation sites is 2. The zero-order valence-electron chi connectivity index (χ0n) is 19.6. The molecule has 0 radical (unpaired) electrons. The molecule has 7 nitrogen and oxygen atoms in total. The maximum Gasteiger partial charge on any atom is 0.416 e. The number of hydrogen-bond donors (Lipinski definition) is 2. The molecule has 3 aromatic rings. The van der Waals surface area contributed by atoms with Crippen LogP contribution in [0.25, 0.3) is 0 Å². The third-order valence-electron chi connectivity index (χ3n) is 5.89.